The van der Waals surface area contributed by atoms with Crippen molar-refractivity contribution in [2.45, 2.75) is 53.4 Å². The normalized spacial score (nSPS) is 10.9. The Labute approximate surface area is 162 Å². The molecule has 0 saturated carbocycles. The van der Waals surface area contributed by atoms with Crippen LogP contribution in [0.25, 0.3) is 0 Å². The lowest BCUT2D eigenvalue weighted by molar-refractivity contribution is -0.119. The topological polar surface area (TPSA) is 58.2 Å². The Hall–Kier alpha value is -2.62. The zero-order valence-electron chi connectivity index (χ0n) is 16.9. The van der Waals surface area contributed by atoms with Gasteiger partial charge in [-0.3, -0.25) is 9.59 Å². The highest BCUT2D eigenvalue weighted by molar-refractivity contribution is 5.95. The van der Waals surface area contributed by atoms with E-state index in [1.165, 1.54) is 5.56 Å². The van der Waals surface area contributed by atoms with E-state index in [1.807, 2.05) is 39.0 Å². The van der Waals surface area contributed by atoms with Gasteiger partial charge >= 0.3 is 0 Å². The highest BCUT2D eigenvalue weighted by Gasteiger charge is 2.10. The van der Waals surface area contributed by atoms with Gasteiger partial charge in [0.15, 0.2) is 0 Å². The van der Waals surface area contributed by atoms with Gasteiger partial charge in [0.1, 0.15) is 0 Å². The number of hydrogen-bond donors (Lipinski definition) is 2. The van der Waals surface area contributed by atoms with Gasteiger partial charge < -0.3 is 10.6 Å². The molecule has 0 heterocycles. The largest absolute Gasteiger partial charge is 0.326 e. The summed E-state index contributed by atoms with van der Waals surface area (Å²) in [4.78, 5) is 24.2. The Morgan fingerprint density at radius 3 is 2.19 bits per heavy atom. The molecule has 144 valence electrons. The molecule has 0 saturated heterocycles. The highest BCUT2D eigenvalue weighted by atomic mass is 16.2. The molecule has 0 aliphatic rings. The summed E-state index contributed by atoms with van der Waals surface area (Å²) in [7, 11) is 0. The lowest BCUT2D eigenvalue weighted by Gasteiger charge is -2.13. The molecule has 0 bridgehead atoms. The molecule has 27 heavy (non-hydrogen) atoms. The summed E-state index contributed by atoms with van der Waals surface area (Å²) < 4.78 is 0. The molecule has 4 nitrogen and oxygen atoms in total. The third-order valence-electron chi connectivity index (χ3n) is 4.59. The van der Waals surface area contributed by atoms with Gasteiger partial charge in [-0.2, -0.15) is 0 Å². The standard InChI is InChI=1S/C23H30N2O2/c1-15(2)19-10-7-18(8-11-19)9-13-22(26)25-21-14-20(12-6-17(21)5)24-23(27)16(3)4/h6-8,10-12,14-16H,9,13H2,1-5H3,(H,24,27)(H,25,26). The van der Waals surface area contributed by atoms with Crippen molar-refractivity contribution in [3.8, 4) is 0 Å². The van der Waals surface area contributed by atoms with Crippen molar-refractivity contribution >= 4 is 23.2 Å². The Morgan fingerprint density at radius 1 is 0.926 bits per heavy atom. The number of rotatable bonds is 7. The van der Waals surface area contributed by atoms with E-state index >= 15 is 0 Å². The Morgan fingerprint density at radius 2 is 1.59 bits per heavy atom. The Balaban J connectivity index is 1.95. The van der Waals surface area contributed by atoms with Crippen LogP contribution in [0, 0.1) is 12.8 Å². The Bertz CT molecular complexity index is 793. The van der Waals surface area contributed by atoms with Crippen LogP contribution in [-0.2, 0) is 16.0 Å². The van der Waals surface area contributed by atoms with Crippen LogP contribution in [0.2, 0.25) is 0 Å². The lowest BCUT2D eigenvalue weighted by atomic mass is 10.0. The van der Waals surface area contributed by atoms with Gasteiger partial charge in [0.25, 0.3) is 0 Å². The van der Waals surface area contributed by atoms with Crippen molar-refractivity contribution < 1.29 is 9.59 Å². The fourth-order valence-corrected chi connectivity index (χ4v) is 2.66. The number of anilines is 2. The number of amides is 2. The van der Waals surface area contributed by atoms with Crippen LogP contribution < -0.4 is 10.6 Å². The van der Waals surface area contributed by atoms with Gasteiger partial charge in [0.05, 0.1) is 0 Å². The number of aryl methyl sites for hydroxylation is 2. The first kappa shape index (κ1) is 20.7. The average Bonchev–Trinajstić information content (AvgIpc) is 2.63. The van der Waals surface area contributed by atoms with Crippen LogP contribution in [0.15, 0.2) is 42.5 Å². The SMILES string of the molecule is Cc1ccc(NC(=O)C(C)C)cc1NC(=O)CCc1ccc(C(C)C)cc1. The second-order valence-electron chi connectivity index (χ2n) is 7.62. The van der Waals surface area contributed by atoms with Crippen molar-refractivity contribution in [3.05, 3.63) is 59.2 Å². The lowest BCUT2D eigenvalue weighted by Crippen LogP contribution is -2.18. The molecule has 0 atom stereocenters. The van der Waals surface area contributed by atoms with Gasteiger partial charge in [-0.15, -0.1) is 0 Å². The molecule has 0 aromatic heterocycles. The minimum atomic E-state index is -0.0913. The zero-order valence-corrected chi connectivity index (χ0v) is 16.9. The summed E-state index contributed by atoms with van der Waals surface area (Å²) in [6.45, 7) is 9.97. The summed E-state index contributed by atoms with van der Waals surface area (Å²) in [5.41, 5.74) is 4.85. The maximum atomic E-state index is 12.4. The predicted octanol–water partition coefficient (Wildman–Crippen LogP) is 5.28. The minimum Gasteiger partial charge on any atom is -0.326 e. The number of benzene rings is 2. The van der Waals surface area contributed by atoms with Crippen molar-refractivity contribution in [1.82, 2.24) is 0 Å². The summed E-state index contributed by atoms with van der Waals surface area (Å²) in [5, 5.41) is 5.83. The number of hydrogen-bond acceptors (Lipinski definition) is 2. The van der Waals surface area contributed by atoms with E-state index in [0.29, 0.717) is 24.4 Å². The third kappa shape index (κ3) is 6.24. The quantitative estimate of drug-likeness (QED) is 0.700. The third-order valence-corrected chi connectivity index (χ3v) is 4.59. The molecule has 0 fully saturated rings. The van der Waals surface area contributed by atoms with Crippen LogP contribution >= 0.6 is 0 Å². The maximum absolute atomic E-state index is 12.4. The van der Waals surface area contributed by atoms with Gasteiger partial charge in [-0.05, 0) is 48.1 Å². The van der Waals surface area contributed by atoms with Crippen molar-refractivity contribution in [2.75, 3.05) is 10.6 Å². The van der Waals surface area contributed by atoms with Crippen LogP contribution in [0.3, 0.4) is 0 Å². The number of carbonyl (C=O) groups excluding carboxylic acids is 2. The summed E-state index contributed by atoms with van der Waals surface area (Å²) in [6, 6.07) is 14.0. The van der Waals surface area contributed by atoms with Crippen molar-refractivity contribution in [3.63, 3.8) is 0 Å². The van der Waals surface area contributed by atoms with Crippen molar-refractivity contribution in [1.29, 1.82) is 0 Å². The molecule has 2 aromatic carbocycles. The zero-order chi connectivity index (χ0) is 20.0. The fraction of sp³-hybridized carbons (Fsp3) is 0.391. The molecule has 0 radical (unpaired) electrons. The molecule has 0 spiro atoms. The van der Waals surface area contributed by atoms with Crippen LogP contribution in [0.4, 0.5) is 11.4 Å². The van der Waals surface area contributed by atoms with E-state index in [9.17, 15) is 9.59 Å². The second kappa shape index (κ2) is 9.36. The molecule has 0 aliphatic carbocycles. The average molecular weight is 367 g/mol. The maximum Gasteiger partial charge on any atom is 0.226 e. The second-order valence-corrected chi connectivity index (χ2v) is 7.62. The van der Waals surface area contributed by atoms with E-state index in [4.69, 9.17) is 0 Å². The molecule has 2 N–H and O–H groups in total. The van der Waals surface area contributed by atoms with E-state index in [2.05, 4.69) is 48.7 Å². The number of carbonyl (C=O) groups is 2. The molecule has 2 rings (SSSR count). The van der Waals surface area contributed by atoms with Gasteiger partial charge in [0, 0.05) is 23.7 Å². The molecule has 2 amide bonds. The highest BCUT2D eigenvalue weighted by Crippen LogP contribution is 2.21. The van der Waals surface area contributed by atoms with Crippen LogP contribution in [-0.4, -0.2) is 11.8 Å². The van der Waals surface area contributed by atoms with Gasteiger partial charge in [0.2, 0.25) is 11.8 Å². The molecule has 0 unspecified atom stereocenters. The van der Waals surface area contributed by atoms with E-state index in [1.54, 1.807) is 0 Å². The van der Waals surface area contributed by atoms with E-state index < -0.39 is 0 Å². The first-order valence-corrected chi connectivity index (χ1v) is 9.56. The van der Waals surface area contributed by atoms with Gasteiger partial charge in [-0.25, -0.2) is 0 Å². The Kier molecular flexibility index (Phi) is 7.17. The smallest absolute Gasteiger partial charge is 0.226 e. The van der Waals surface area contributed by atoms with Crippen LogP contribution in [0.1, 0.15) is 56.7 Å². The minimum absolute atomic E-state index is 0.0293. The van der Waals surface area contributed by atoms with Crippen molar-refractivity contribution in [2.24, 2.45) is 5.92 Å². The van der Waals surface area contributed by atoms with Gasteiger partial charge in [-0.1, -0.05) is 58.0 Å². The molecular weight excluding hydrogens is 336 g/mol. The predicted molar refractivity (Wildman–Crippen MR) is 112 cm³/mol. The first-order valence-electron chi connectivity index (χ1n) is 9.56. The summed E-state index contributed by atoms with van der Waals surface area (Å²) in [6.07, 6.45) is 1.12. The van der Waals surface area contributed by atoms with Crippen LogP contribution in [0.5, 0.6) is 0 Å². The van der Waals surface area contributed by atoms with E-state index in [0.717, 1.165) is 16.8 Å². The number of nitrogens with one attached hydrogen (secondary N) is 2. The molecule has 4 heteroatoms. The summed E-state index contributed by atoms with van der Waals surface area (Å²) >= 11 is 0. The molecule has 2 aromatic rings. The molecule has 0 aliphatic heterocycles. The first-order chi connectivity index (χ1) is 12.8. The monoisotopic (exact) mass is 366 g/mol. The van der Waals surface area contributed by atoms with E-state index in [-0.39, 0.29) is 17.7 Å². The summed E-state index contributed by atoms with van der Waals surface area (Å²) in [5.74, 6) is 0.347. The fourth-order valence-electron chi connectivity index (χ4n) is 2.66. The molecular formula is C23H30N2O2.